The molecule has 11 heteroatoms. The zero-order valence-corrected chi connectivity index (χ0v) is 16.5. The van der Waals surface area contributed by atoms with Crippen LogP contribution in [-0.4, -0.2) is 22.0 Å². The number of anilines is 3. The summed E-state index contributed by atoms with van der Waals surface area (Å²) in [6, 6.07) is 9.35. The normalized spacial score (nSPS) is 11.2. The summed E-state index contributed by atoms with van der Waals surface area (Å²) >= 11 is 6.71. The first kappa shape index (κ1) is 21.6. The molecule has 3 N–H and O–H groups in total. The van der Waals surface area contributed by atoms with Crippen LogP contribution in [0.3, 0.4) is 0 Å². The number of hydrogen-bond acceptors (Lipinski definition) is 5. The zero-order chi connectivity index (χ0) is 21.9. The van der Waals surface area contributed by atoms with Crippen molar-refractivity contribution < 1.29 is 27.9 Å². The number of aromatic nitrogens is 1. The van der Waals surface area contributed by atoms with Crippen molar-refractivity contribution in [2.75, 3.05) is 10.6 Å². The maximum absolute atomic E-state index is 13.0. The second-order valence-corrected chi connectivity index (χ2v) is 7.30. The Balaban J connectivity index is 1.67. The van der Waals surface area contributed by atoms with E-state index in [1.165, 1.54) is 18.2 Å². The Hall–Kier alpha value is -3.11. The first-order valence-electron chi connectivity index (χ1n) is 8.34. The van der Waals surface area contributed by atoms with Gasteiger partial charge in [0.25, 0.3) is 0 Å². The molecule has 0 spiro atoms. The number of rotatable bonds is 6. The van der Waals surface area contributed by atoms with Gasteiger partial charge in [-0.25, -0.2) is 9.78 Å². The Morgan fingerprint density at radius 3 is 2.60 bits per heavy atom. The Morgan fingerprint density at radius 1 is 1.17 bits per heavy atom. The fourth-order valence-corrected chi connectivity index (χ4v) is 3.48. The Bertz CT molecular complexity index is 1100. The fraction of sp³-hybridized carbons (Fsp3) is 0.105. The number of thiazole rings is 1. The van der Waals surface area contributed by atoms with E-state index >= 15 is 0 Å². The minimum absolute atomic E-state index is 0.0466. The highest BCUT2D eigenvalue weighted by Gasteiger charge is 2.33. The van der Waals surface area contributed by atoms with E-state index in [4.69, 9.17) is 16.7 Å². The number of nitrogens with zero attached hydrogens (tertiary/aromatic N) is 1. The molecule has 0 atom stereocenters. The van der Waals surface area contributed by atoms with Gasteiger partial charge in [0.1, 0.15) is 0 Å². The zero-order valence-electron chi connectivity index (χ0n) is 15.0. The third-order valence-electron chi connectivity index (χ3n) is 3.85. The van der Waals surface area contributed by atoms with Crippen molar-refractivity contribution >= 4 is 51.3 Å². The van der Waals surface area contributed by atoms with Crippen molar-refractivity contribution in [3.05, 3.63) is 69.7 Å². The molecule has 0 fully saturated rings. The number of para-hydroxylation sites is 1. The maximum Gasteiger partial charge on any atom is 0.417 e. The smallest absolute Gasteiger partial charge is 0.417 e. The average molecular weight is 456 g/mol. The molecule has 3 aromatic rings. The van der Waals surface area contributed by atoms with Crippen LogP contribution in [0, 0.1) is 0 Å². The molecular formula is C19H13ClF3N3O3S. The highest BCUT2D eigenvalue weighted by molar-refractivity contribution is 7.13. The molecule has 0 unspecified atom stereocenters. The van der Waals surface area contributed by atoms with Crippen LogP contribution in [0.25, 0.3) is 0 Å². The second-order valence-electron chi connectivity index (χ2n) is 6.04. The van der Waals surface area contributed by atoms with Crippen molar-refractivity contribution in [2.24, 2.45) is 0 Å². The van der Waals surface area contributed by atoms with Gasteiger partial charge in [0.2, 0.25) is 5.91 Å². The number of hydrogen-bond donors (Lipinski definition) is 3. The Morgan fingerprint density at radius 2 is 1.90 bits per heavy atom. The fourth-order valence-electron chi connectivity index (χ4n) is 2.53. The Labute approximate surface area is 177 Å². The molecule has 1 amide bonds. The topological polar surface area (TPSA) is 91.3 Å². The minimum atomic E-state index is -4.59. The molecule has 0 bridgehead atoms. The van der Waals surface area contributed by atoms with Crippen LogP contribution in [0.5, 0.6) is 0 Å². The summed E-state index contributed by atoms with van der Waals surface area (Å²) < 4.78 is 38.9. The number of benzene rings is 2. The summed E-state index contributed by atoms with van der Waals surface area (Å²) in [6.45, 7) is 0. The van der Waals surface area contributed by atoms with Gasteiger partial charge in [-0.3, -0.25) is 4.79 Å². The number of carboxylic acid groups (broad SMARTS) is 1. The summed E-state index contributed by atoms with van der Waals surface area (Å²) in [5, 5.41) is 15.9. The van der Waals surface area contributed by atoms with Crippen molar-refractivity contribution in [1.82, 2.24) is 4.98 Å². The molecule has 1 heterocycles. The van der Waals surface area contributed by atoms with E-state index in [0.29, 0.717) is 10.8 Å². The number of alkyl halides is 3. The molecule has 30 heavy (non-hydrogen) atoms. The van der Waals surface area contributed by atoms with Crippen LogP contribution in [-0.2, 0) is 17.4 Å². The molecule has 0 radical (unpaired) electrons. The molecule has 156 valence electrons. The van der Waals surface area contributed by atoms with Crippen LogP contribution in [0.15, 0.2) is 47.8 Å². The van der Waals surface area contributed by atoms with Gasteiger partial charge in [0.15, 0.2) is 5.13 Å². The molecule has 0 aliphatic carbocycles. The largest absolute Gasteiger partial charge is 0.478 e. The van der Waals surface area contributed by atoms with Crippen molar-refractivity contribution in [3.63, 3.8) is 0 Å². The van der Waals surface area contributed by atoms with Gasteiger partial charge in [-0.15, -0.1) is 11.3 Å². The summed E-state index contributed by atoms with van der Waals surface area (Å²) in [5.41, 5.74) is -0.341. The van der Waals surface area contributed by atoms with Crippen molar-refractivity contribution in [2.45, 2.75) is 12.6 Å². The third kappa shape index (κ3) is 5.28. The monoisotopic (exact) mass is 455 g/mol. The molecule has 0 aliphatic rings. The first-order chi connectivity index (χ1) is 14.1. The van der Waals surface area contributed by atoms with Crippen LogP contribution >= 0.6 is 22.9 Å². The second kappa shape index (κ2) is 8.72. The standard InChI is InChI=1S/C19H13ClF3N3O3S/c20-14-6-5-10(7-13(14)19(21,22)23)24-18-25-11(9-30-18)8-16(27)26-15-4-2-1-3-12(15)17(28)29/h1-7,9H,8H2,(H,24,25)(H,26,27)(H,28,29). The van der Waals surface area contributed by atoms with Crippen molar-refractivity contribution in [1.29, 1.82) is 0 Å². The van der Waals surface area contributed by atoms with Crippen LogP contribution in [0.4, 0.5) is 29.7 Å². The average Bonchev–Trinajstić information content (AvgIpc) is 3.09. The van der Waals surface area contributed by atoms with E-state index in [1.807, 2.05) is 0 Å². The highest BCUT2D eigenvalue weighted by atomic mass is 35.5. The molecule has 0 saturated carbocycles. The van der Waals surface area contributed by atoms with E-state index in [1.54, 1.807) is 17.5 Å². The lowest BCUT2D eigenvalue weighted by atomic mass is 10.1. The van der Waals surface area contributed by atoms with E-state index in [2.05, 4.69) is 15.6 Å². The number of aromatic carboxylic acids is 1. The van der Waals surface area contributed by atoms with E-state index < -0.39 is 28.6 Å². The number of amides is 1. The summed E-state index contributed by atoms with van der Waals surface area (Å²) in [6.07, 6.45) is -4.73. The van der Waals surface area contributed by atoms with Crippen LogP contribution in [0.2, 0.25) is 5.02 Å². The summed E-state index contributed by atoms with van der Waals surface area (Å²) in [7, 11) is 0. The molecular weight excluding hydrogens is 443 g/mol. The number of carboxylic acids is 1. The highest BCUT2D eigenvalue weighted by Crippen LogP contribution is 2.37. The Kier molecular flexibility index (Phi) is 6.28. The van der Waals surface area contributed by atoms with Crippen LogP contribution < -0.4 is 10.6 Å². The third-order valence-corrected chi connectivity index (χ3v) is 4.98. The molecule has 1 aromatic heterocycles. The maximum atomic E-state index is 13.0. The van der Waals surface area contributed by atoms with Gasteiger partial charge < -0.3 is 15.7 Å². The molecule has 3 rings (SSSR count). The van der Waals surface area contributed by atoms with Gasteiger partial charge in [-0.05, 0) is 30.3 Å². The predicted octanol–water partition coefficient (Wildman–Crippen LogP) is 5.44. The van der Waals surface area contributed by atoms with E-state index in [9.17, 15) is 22.8 Å². The lowest BCUT2D eigenvalue weighted by Gasteiger charge is -2.11. The quantitative estimate of drug-likeness (QED) is 0.460. The van der Waals surface area contributed by atoms with E-state index in [0.717, 1.165) is 23.5 Å². The van der Waals surface area contributed by atoms with Crippen LogP contribution in [0.1, 0.15) is 21.6 Å². The molecule has 6 nitrogen and oxygen atoms in total. The van der Waals surface area contributed by atoms with Gasteiger partial charge in [0.05, 0.1) is 34.0 Å². The van der Waals surface area contributed by atoms with Crippen molar-refractivity contribution in [3.8, 4) is 0 Å². The van der Waals surface area contributed by atoms with E-state index in [-0.39, 0.29) is 23.4 Å². The summed E-state index contributed by atoms with van der Waals surface area (Å²) in [5.74, 6) is -1.65. The molecule has 0 aliphatic heterocycles. The lowest BCUT2D eigenvalue weighted by molar-refractivity contribution is -0.137. The number of halogens is 4. The number of nitrogens with one attached hydrogen (secondary N) is 2. The summed E-state index contributed by atoms with van der Waals surface area (Å²) in [4.78, 5) is 27.6. The SMILES string of the molecule is O=C(Cc1csc(Nc2ccc(Cl)c(C(F)(F)F)c2)n1)Nc1ccccc1C(=O)O. The van der Waals surface area contributed by atoms with Gasteiger partial charge in [-0.2, -0.15) is 13.2 Å². The van der Waals surface area contributed by atoms with Gasteiger partial charge in [0, 0.05) is 11.1 Å². The predicted molar refractivity (Wildman–Crippen MR) is 108 cm³/mol. The van der Waals surface area contributed by atoms with Gasteiger partial charge >= 0.3 is 12.1 Å². The molecule has 2 aromatic carbocycles. The number of carbonyl (C=O) groups excluding carboxylic acids is 1. The first-order valence-corrected chi connectivity index (χ1v) is 9.59. The number of carbonyl (C=O) groups is 2. The molecule has 0 saturated heterocycles. The van der Waals surface area contributed by atoms with Gasteiger partial charge in [-0.1, -0.05) is 23.7 Å². The minimum Gasteiger partial charge on any atom is -0.478 e. The lowest BCUT2D eigenvalue weighted by Crippen LogP contribution is -2.17.